The molecule has 0 atom stereocenters. The molecule has 86 valence electrons. The van der Waals surface area contributed by atoms with Gasteiger partial charge in [-0.05, 0) is 17.7 Å². The fourth-order valence-electron chi connectivity index (χ4n) is 1.09. The highest BCUT2D eigenvalue weighted by atomic mass is 35.5. The summed E-state index contributed by atoms with van der Waals surface area (Å²) in [5.41, 5.74) is 8.05. The lowest BCUT2D eigenvalue weighted by molar-refractivity contribution is 0.596. The molecule has 8 heteroatoms. The predicted octanol–water partition coefficient (Wildman–Crippen LogP) is 3.08. The highest BCUT2D eigenvalue weighted by molar-refractivity contribution is 7.91. The molecule has 16 heavy (non-hydrogen) atoms. The Morgan fingerprint density at radius 2 is 1.88 bits per heavy atom. The van der Waals surface area contributed by atoms with Crippen LogP contribution in [0, 0.1) is 0 Å². The van der Waals surface area contributed by atoms with Gasteiger partial charge in [-0.25, -0.2) is 8.42 Å². The highest BCUT2D eigenvalue weighted by Gasteiger charge is 2.20. The van der Waals surface area contributed by atoms with Crippen molar-refractivity contribution >= 4 is 33.0 Å². The third kappa shape index (κ3) is 3.02. The summed E-state index contributed by atoms with van der Waals surface area (Å²) in [6.07, 6.45) is 0. The molecule has 1 rings (SSSR count). The molecule has 0 aromatic heterocycles. The van der Waals surface area contributed by atoms with Crippen LogP contribution in [0.25, 0.3) is 10.4 Å². The molecule has 0 aliphatic heterocycles. The van der Waals surface area contributed by atoms with Crippen LogP contribution in [0.2, 0.25) is 10.0 Å². The molecule has 0 unspecified atom stereocenters. The largest absolute Gasteiger partial charge is 0.224 e. The number of nitrogens with zero attached hydrogens (tertiary/aromatic N) is 3. The van der Waals surface area contributed by atoms with Gasteiger partial charge in [0.15, 0.2) is 9.84 Å². The highest BCUT2D eigenvalue weighted by Crippen LogP contribution is 2.29. The first-order valence-electron chi connectivity index (χ1n) is 4.16. The molecule has 5 nitrogen and oxygen atoms in total. The first kappa shape index (κ1) is 13.1. The first-order valence-corrected chi connectivity index (χ1v) is 6.57. The average Bonchev–Trinajstić information content (AvgIpc) is 2.17. The van der Waals surface area contributed by atoms with E-state index in [0.717, 1.165) is 0 Å². The van der Waals surface area contributed by atoms with Crippen LogP contribution in [0.5, 0.6) is 0 Å². The molecule has 0 aliphatic rings. The minimum Gasteiger partial charge on any atom is -0.224 e. The van der Waals surface area contributed by atoms with Gasteiger partial charge in [-0.1, -0.05) is 34.4 Å². The zero-order chi connectivity index (χ0) is 12.2. The van der Waals surface area contributed by atoms with Gasteiger partial charge in [0.1, 0.15) is 4.90 Å². The van der Waals surface area contributed by atoms with Crippen LogP contribution in [-0.4, -0.2) is 20.7 Å². The summed E-state index contributed by atoms with van der Waals surface area (Å²) in [4.78, 5) is 2.35. The summed E-state index contributed by atoms with van der Waals surface area (Å²) in [6, 6.07) is 4.43. The fraction of sp³-hybridized carbons (Fsp3) is 0.250. The maximum atomic E-state index is 11.8. The number of rotatable bonds is 4. The molecule has 0 saturated heterocycles. The normalized spacial score (nSPS) is 10.9. The van der Waals surface area contributed by atoms with Gasteiger partial charge in [-0.2, -0.15) is 0 Å². The Kier molecular flexibility index (Phi) is 4.44. The zero-order valence-corrected chi connectivity index (χ0v) is 10.3. The van der Waals surface area contributed by atoms with Crippen molar-refractivity contribution in [2.75, 3.05) is 12.3 Å². The van der Waals surface area contributed by atoms with Gasteiger partial charge in [0.2, 0.25) is 0 Å². The first-order chi connectivity index (χ1) is 7.49. The predicted molar refractivity (Wildman–Crippen MR) is 62.5 cm³/mol. The second-order valence-electron chi connectivity index (χ2n) is 2.82. The van der Waals surface area contributed by atoms with E-state index in [4.69, 9.17) is 28.7 Å². The Labute approximate surface area is 103 Å². The molecule has 1 aromatic carbocycles. The Morgan fingerprint density at radius 3 is 2.38 bits per heavy atom. The smallest absolute Gasteiger partial charge is 0.181 e. The number of hydrogen-bond donors (Lipinski definition) is 0. The zero-order valence-electron chi connectivity index (χ0n) is 7.97. The van der Waals surface area contributed by atoms with Crippen molar-refractivity contribution in [3.05, 3.63) is 38.7 Å². The Hall–Kier alpha value is -0.940. The van der Waals surface area contributed by atoms with Crippen molar-refractivity contribution in [2.24, 2.45) is 5.11 Å². The van der Waals surface area contributed by atoms with Crippen molar-refractivity contribution in [3.8, 4) is 0 Å². The van der Waals surface area contributed by atoms with Crippen LogP contribution in [-0.2, 0) is 9.84 Å². The van der Waals surface area contributed by atoms with E-state index in [9.17, 15) is 8.42 Å². The van der Waals surface area contributed by atoms with Gasteiger partial charge >= 0.3 is 0 Å². The van der Waals surface area contributed by atoms with Gasteiger partial charge in [0.25, 0.3) is 0 Å². The van der Waals surface area contributed by atoms with E-state index in [0.29, 0.717) is 0 Å². The molecule has 0 bridgehead atoms. The van der Waals surface area contributed by atoms with Crippen LogP contribution >= 0.6 is 23.2 Å². The van der Waals surface area contributed by atoms with Crippen LogP contribution in [0.15, 0.2) is 28.2 Å². The molecule has 0 saturated carbocycles. The van der Waals surface area contributed by atoms with Gasteiger partial charge in [0, 0.05) is 11.5 Å². The summed E-state index contributed by atoms with van der Waals surface area (Å²) >= 11 is 11.5. The molecule has 0 spiro atoms. The Morgan fingerprint density at radius 1 is 1.31 bits per heavy atom. The molecule has 1 aromatic rings. The maximum absolute atomic E-state index is 11.8. The van der Waals surface area contributed by atoms with Gasteiger partial charge in [0.05, 0.1) is 15.8 Å². The molecule has 0 aliphatic carbocycles. The van der Waals surface area contributed by atoms with Gasteiger partial charge < -0.3 is 0 Å². The lowest BCUT2D eigenvalue weighted by Gasteiger charge is -2.06. The Balaban J connectivity index is 3.12. The average molecular weight is 280 g/mol. The van der Waals surface area contributed by atoms with Crippen LogP contribution < -0.4 is 0 Å². The fourth-order valence-corrected chi connectivity index (χ4v) is 3.45. The van der Waals surface area contributed by atoms with Crippen molar-refractivity contribution in [3.63, 3.8) is 0 Å². The minimum atomic E-state index is -3.62. The van der Waals surface area contributed by atoms with E-state index < -0.39 is 9.84 Å². The third-order valence-corrected chi connectivity index (χ3v) is 4.39. The van der Waals surface area contributed by atoms with E-state index in [1.165, 1.54) is 12.1 Å². The number of benzene rings is 1. The molecular formula is C8H7Cl2N3O2S. The quantitative estimate of drug-likeness (QED) is 0.482. The van der Waals surface area contributed by atoms with Crippen molar-refractivity contribution in [1.82, 2.24) is 0 Å². The lowest BCUT2D eigenvalue weighted by Crippen LogP contribution is -2.10. The van der Waals surface area contributed by atoms with E-state index in [1.54, 1.807) is 6.07 Å². The number of azide groups is 1. The summed E-state index contributed by atoms with van der Waals surface area (Å²) in [5.74, 6) is -0.319. The van der Waals surface area contributed by atoms with E-state index in [-0.39, 0.29) is 27.2 Å². The third-order valence-electron chi connectivity index (χ3n) is 1.75. The SMILES string of the molecule is [N-]=[N+]=NCCS(=O)(=O)c1c(Cl)cccc1Cl. The molecular weight excluding hydrogens is 273 g/mol. The van der Waals surface area contributed by atoms with Crippen LogP contribution in [0.4, 0.5) is 0 Å². The lowest BCUT2D eigenvalue weighted by atomic mass is 10.4. The summed E-state index contributed by atoms with van der Waals surface area (Å²) in [7, 11) is -3.62. The molecule has 0 heterocycles. The van der Waals surface area contributed by atoms with Crippen LogP contribution in [0.1, 0.15) is 0 Å². The van der Waals surface area contributed by atoms with Crippen molar-refractivity contribution < 1.29 is 8.42 Å². The van der Waals surface area contributed by atoms with Crippen molar-refractivity contribution in [1.29, 1.82) is 0 Å². The van der Waals surface area contributed by atoms with Crippen molar-refractivity contribution in [2.45, 2.75) is 4.90 Å². The monoisotopic (exact) mass is 279 g/mol. The maximum Gasteiger partial charge on any atom is 0.181 e. The molecule has 0 fully saturated rings. The second kappa shape index (κ2) is 5.41. The van der Waals surface area contributed by atoms with E-state index in [2.05, 4.69) is 10.0 Å². The number of halogens is 2. The minimum absolute atomic E-state index is 0.0634. The number of hydrogen-bond acceptors (Lipinski definition) is 3. The van der Waals surface area contributed by atoms with E-state index in [1.807, 2.05) is 0 Å². The van der Waals surface area contributed by atoms with Gasteiger partial charge in [-0.3, -0.25) is 0 Å². The topological polar surface area (TPSA) is 82.9 Å². The summed E-state index contributed by atoms with van der Waals surface area (Å²) in [6.45, 7) is -0.152. The Bertz CT molecular complexity index is 518. The van der Waals surface area contributed by atoms with Crippen LogP contribution in [0.3, 0.4) is 0 Å². The molecule has 0 amide bonds. The van der Waals surface area contributed by atoms with Gasteiger partial charge in [-0.15, -0.1) is 0 Å². The second-order valence-corrected chi connectivity index (χ2v) is 5.68. The summed E-state index contributed by atoms with van der Waals surface area (Å²) < 4.78 is 23.6. The molecule has 0 N–H and O–H groups in total. The number of sulfone groups is 1. The van der Waals surface area contributed by atoms with E-state index >= 15 is 0 Å². The standard InChI is InChI=1S/C8H7Cl2N3O2S/c9-6-2-1-3-7(10)8(6)16(14,15)5-4-12-13-11/h1-3H,4-5H2. The summed E-state index contributed by atoms with van der Waals surface area (Å²) in [5, 5.41) is 3.28. The molecule has 0 radical (unpaired) electrons.